The van der Waals surface area contributed by atoms with Crippen molar-refractivity contribution < 1.29 is 0 Å². The maximum Gasteiger partial charge on any atom is 0.151 e. The molecule has 1 fully saturated rings. The second kappa shape index (κ2) is 6.07. The van der Waals surface area contributed by atoms with E-state index in [9.17, 15) is 0 Å². The van der Waals surface area contributed by atoms with E-state index >= 15 is 0 Å². The summed E-state index contributed by atoms with van der Waals surface area (Å²) in [7, 11) is 0. The quantitative estimate of drug-likeness (QED) is 0.862. The standard InChI is InChI=1S/C15H25N3/c1-12(2)11-13(3)17-14-7-6-8-16-15(14)18-9-4-5-10-18/h6-8,12-13,17H,4-5,9-11H2,1-3H3. The van der Waals surface area contributed by atoms with Crippen LogP contribution in [0.1, 0.15) is 40.0 Å². The van der Waals surface area contributed by atoms with Gasteiger partial charge in [-0.3, -0.25) is 0 Å². The van der Waals surface area contributed by atoms with Crippen LogP contribution in [0.4, 0.5) is 11.5 Å². The van der Waals surface area contributed by atoms with Gasteiger partial charge in [0.1, 0.15) is 0 Å². The number of rotatable bonds is 5. The van der Waals surface area contributed by atoms with Gasteiger partial charge in [0.2, 0.25) is 0 Å². The van der Waals surface area contributed by atoms with Gasteiger partial charge in [-0.1, -0.05) is 13.8 Å². The highest BCUT2D eigenvalue weighted by Gasteiger charge is 2.17. The molecule has 1 N–H and O–H groups in total. The van der Waals surface area contributed by atoms with E-state index in [4.69, 9.17) is 0 Å². The lowest BCUT2D eigenvalue weighted by Gasteiger charge is -2.23. The number of anilines is 2. The first kappa shape index (κ1) is 13.2. The summed E-state index contributed by atoms with van der Waals surface area (Å²) in [5.74, 6) is 1.85. The molecule has 1 aliphatic heterocycles. The van der Waals surface area contributed by atoms with Gasteiger partial charge < -0.3 is 10.2 Å². The fourth-order valence-electron chi connectivity index (χ4n) is 2.72. The van der Waals surface area contributed by atoms with E-state index in [0.717, 1.165) is 24.8 Å². The summed E-state index contributed by atoms with van der Waals surface area (Å²) in [5.41, 5.74) is 1.19. The molecule has 1 aliphatic rings. The topological polar surface area (TPSA) is 28.2 Å². The van der Waals surface area contributed by atoms with Crippen LogP contribution in [-0.4, -0.2) is 24.1 Å². The molecule has 0 saturated carbocycles. The van der Waals surface area contributed by atoms with Crippen molar-refractivity contribution in [1.82, 2.24) is 4.98 Å². The summed E-state index contributed by atoms with van der Waals surface area (Å²) in [6.45, 7) is 9.07. The molecule has 1 unspecified atom stereocenters. The molecule has 0 aliphatic carbocycles. The number of pyridine rings is 1. The van der Waals surface area contributed by atoms with Crippen molar-refractivity contribution in [2.75, 3.05) is 23.3 Å². The van der Waals surface area contributed by atoms with Crippen molar-refractivity contribution in [3.05, 3.63) is 18.3 Å². The number of aromatic nitrogens is 1. The van der Waals surface area contributed by atoms with E-state index < -0.39 is 0 Å². The molecule has 3 heteroatoms. The van der Waals surface area contributed by atoms with Gasteiger partial charge in [0.05, 0.1) is 5.69 Å². The summed E-state index contributed by atoms with van der Waals surface area (Å²) >= 11 is 0. The van der Waals surface area contributed by atoms with Gasteiger partial charge in [-0.2, -0.15) is 0 Å². The molecule has 100 valence electrons. The molecule has 0 aromatic carbocycles. The Morgan fingerprint density at radius 2 is 2.00 bits per heavy atom. The fourth-order valence-corrected chi connectivity index (χ4v) is 2.72. The van der Waals surface area contributed by atoms with Crippen molar-refractivity contribution in [3.63, 3.8) is 0 Å². The van der Waals surface area contributed by atoms with Gasteiger partial charge in [-0.25, -0.2) is 4.98 Å². The third kappa shape index (κ3) is 3.37. The third-order valence-electron chi connectivity index (χ3n) is 3.42. The van der Waals surface area contributed by atoms with Crippen LogP contribution in [-0.2, 0) is 0 Å². The molecule has 0 bridgehead atoms. The molecular weight excluding hydrogens is 222 g/mol. The van der Waals surface area contributed by atoms with Gasteiger partial charge in [0.15, 0.2) is 5.82 Å². The van der Waals surface area contributed by atoms with Crippen molar-refractivity contribution in [2.24, 2.45) is 5.92 Å². The molecule has 1 aromatic rings. The van der Waals surface area contributed by atoms with Crippen LogP contribution in [0.2, 0.25) is 0 Å². The molecule has 0 radical (unpaired) electrons. The summed E-state index contributed by atoms with van der Waals surface area (Å²) in [6, 6.07) is 4.66. The van der Waals surface area contributed by atoms with Crippen molar-refractivity contribution >= 4 is 11.5 Å². The Morgan fingerprint density at radius 3 is 2.67 bits per heavy atom. The van der Waals surface area contributed by atoms with E-state index in [0.29, 0.717) is 6.04 Å². The van der Waals surface area contributed by atoms with Crippen molar-refractivity contribution in [1.29, 1.82) is 0 Å². The van der Waals surface area contributed by atoms with Crippen LogP contribution >= 0.6 is 0 Å². The number of hydrogen-bond donors (Lipinski definition) is 1. The lowest BCUT2D eigenvalue weighted by Crippen LogP contribution is -2.23. The Balaban J connectivity index is 2.07. The minimum atomic E-state index is 0.496. The minimum absolute atomic E-state index is 0.496. The van der Waals surface area contributed by atoms with E-state index in [-0.39, 0.29) is 0 Å². The minimum Gasteiger partial charge on any atom is -0.380 e. The molecule has 18 heavy (non-hydrogen) atoms. The van der Waals surface area contributed by atoms with Crippen LogP contribution in [0.15, 0.2) is 18.3 Å². The van der Waals surface area contributed by atoms with Gasteiger partial charge in [0, 0.05) is 25.3 Å². The number of nitrogens with one attached hydrogen (secondary N) is 1. The third-order valence-corrected chi connectivity index (χ3v) is 3.42. The van der Waals surface area contributed by atoms with E-state index in [1.165, 1.54) is 24.9 Å². The molecule has 1 saturated heterocycles. The Labute approximate surface area is 111 Å². The average molecular weight is 247 g/mol. The maximum absolute atomic E-state index is 4.56. The average Bonchev–Trinajstić information content (AvgIpc) is 2.81. The normalized spacial score (nSPS) is 17.2. The Hall–Kier alpha value is -1.25. The van der Waals surface area contributed by atoms with Crippen LogP contribution in [0.5, 0.6) is 0 Å². The lowest BCUT2D eigenvalue weighted by atomic mass is 10.1. The van der Waals surface area contributed by atoms with Gasteiger partial charge in [-0.15, -0.1) is 0 Å². The lowest BCUT2D eigenvalue weighted by molar-refractivity contribution is 0.539. The summed E-state index contributed by atoms with van der Waals surface area (Å²) in [5, 5.41) is 3.61. The van der Waals surface area contributed by atoms with Crippen molar-refractivity contribution in [2.45, 2.75) is 46.1 Å². The molecular formula is C15H25N3. The summed E-state index contributed by atoms with van der Waals surface area (Å²) in [6.07, 6.45) is 5.66. The highest BCUT2D eigenvalue weighted by atomic mass is 15.2. The van der Waals surface area contributed by atoms with E-state index in [1.54, 1.807) is 0 Å². The van der Waals surface area contributed by atoms with Crippen molar-refractivity contribution in [3.8, 4) is 0 Å². The SMILES string of the molecule is CC(C)CC(C)Nc1cccnc1N1CCCC1. The first-order valence-electron chi connectivity index (χ1n) is 7.13. The summed E-state index contributed by atoms with van der Waals surface area (Å²) < 4.78 is 0. The molecule has 2 heterocycles. The van der Waals surface area contributed by atoms with Gasteiger partial charge in [0.25, 0.3) is 0 Å². The Kier molecular flexibility index (Phi) is 4.45. The molecule has 1 atom stereocenters. The highest BCUT2D eigenvalue weighted by Crippen LogP contribution is 2.27. The zero-order chi connectivity index (χ0) is 13.0. The Bertz CT molecular complexity index is 370. The molecule has 0 spiro atoms. The number of nitrogens with zero attached hydrogens (tertiary/aromatic N) is 2. The predicted octanol–water partition coefficient (Wildman–Crippen LogP) is 3.53. The molecule has 1 aromatic heterocycles. The van der Waals surface area contributed by atoms with E-state index in [2.05, 4.69) is 42.0 Å². The fraction of sp³-hybridized carbons (Fsp3) is 0.667. The molecule has 0 amide bonds. The second-order valence-electron chi connectivity index (χ2n) is 5.74. The molecule has 3 nitrogen and oxygen atoms in total. The first-order valence-corrected chi connectivity index (χ1v) is 7.13. The monoisotopic (exact) mass is 247 g/mol. The van der Waals surface area contributed by atoms with Crippen LogP contribution in [0.25, 0.3) is 0 Å². The Morgan fingerprint density at radius 1 is 1.28 bits per heavy atom. The van der Waals surface area contributed by atoms with E-state index in [1.807, 2.05) is 12.3 Å². The largest absolute Gasteiger partial charge is 0.380 e. The summed E-state index contributed by atoms with van der Waals surface area (Å²) in [4.78, 5) is 6.95. The highest BCUT2D eigenvalue weighted by molar-refractivity contribution is 5.66. The smallest absolute Gasteiger partial charge is 0.151 e. The molecule has 2 rings (SSSR count). The first-order chi connectivity index (χ1) is 8.66. The van der Waals surface area contributed by atoms with Crippen LogP contribution < -0.4 is 10.2 Å². The predicted molar refractivity (Wildman–Crippen MR) is 78.2 cm³/mol. The second-order valence-corrected chi connectivity index (χ2v) is 5.74. The van der Waals surface area contributed by atoms with Crippen LogP contribution in [0.3, 0.4) is 0 Å². The zero-order valence-electron chi connectivity index (χ0n) is 11.8. The van der Waals surface area contributed by atoms with Gasteiger partial charge >= 0.3 is 0 Å². The number of hydrogen-bond acceptors (Lipinski definition) is 3. The zero-order valence-corrected chi connectivity index (χ0v) is 11.8. The van der Waals surface area contributed by atoms with Crippen LogP contribution in [0, 0.1) is 5.92 Å². The van der Waals surface area contributed by atoms with Gasteiger partial charge in [-0.05, 0) is 44.2 Å². The maximum atomic E-state index is 4.56.